The zero-order chi connectivity index (χ0) is 38.9. The Labute approximate surface area is 326 Å². The van der Waals surface area contributed by atoms with Gasteiger partial charge in [-0.3, -0.25) is 18.6 Å². The summed E-state index contributed by atoms with van der Waals surface area (Å²) in [6.07, 6.45) is 40.9. The Hall–Kier alpha value is -1.25. The normalized spacial score (nSPS) is 13.4. The minimum atomic E-state index is -4.37. The molecule has 3 N–H and O–H groups in total. The van der Waals surface area contributed by atoms with E-state index in [9.17, 15) is 19.0 Å². The van der Waals surface area contributed by atoms with Crippen molar-refractivity contribution in [3.8, 4) is 0 Å². The van der Waals surface area contributed by atoms with Gasteiger partial charge in [0.1, 0.15) is 6.61 Å². The molecule has 0 aromatic carbocycles. The van der Waals surface area contributed by atoms with Crippen LogP contribution in [0.15, 0.2) is 12.2 Å². The average molecular weight is 774 g/mol. The number of carbonyl (C=O) groups is 2. The Morgan fingerprint density at radius 3 is 1.36 bits per heavy atom. The molecule has 0 rings (SSSR count). The van der Waals surface area contributed by atoms with Crippen molar-refractivity contribution in [2.45, 2.75) is 225 Å². The topological polar surface area (TPSA) is 134 Å². The fourth-order valence-corrected chi connectivity index (χ4v) is 7.10. The molecule has 0 aliphatic rings. The Kier molecular flexibility index (Phi) is 39.5. The molecule has 0 aliphatic heterocycles. The first-order valence-electron chi connectivity index (χ1n) is 22.2. The molecule has 0 aromatic rings. The van der Waals surface area contributed by atoms with Crippen LogP contribution in [-0.2, 0) is 32.7 Å². The molecular formula is C43H84NO8P. The SMILES string of the molecule is CCCCCCC=CCCCCCCCCCC(=O)O[C@H](COC(=O)CCCCCCCCCCCCCCCCCCC)COP(=O)(O)OCCN. The molecule has 0 spiro atoms. The van der Waals surface area contributed by atoms with Crippen molar-refractivity contribution in [2.75, 3.05) is 26.4 Å². The largest absolute Gasteiger partial charge is 0.472 e. The van der Waals surface area contributed by atoms with E-state index >= 15 is 0 Å². The van der Waals surface area contributed by atoms with Crippen LogP contribution in [0, 0.1) is 0 Å². The molecule has 0 saturated heterocycles. The summed E-state index contributed by atoms with van der Waals surface area (Å²) in [6.45, 7) is 3.75. The van der Waals surface area contributed by atoms with Crippen LogP contribution < -0.4 is 5.73 Å². The number of allylic oxidation sites excluding steroid dienone is 2. The third-order valence-electron chi connectivity index (χ3n) is 9.65. The summed E-state index contributed by atoms with van der Waals surface area (Å²) in [4.78, 5) is 34.9. The first kappa shape index (κ1) is 51.8. The predicted molar refractivity (Wildman–Crippen MR) is 220 cm³/mol. The molecule has 10 heteroatoms. The van der Waals surface area contributed by atoms with Gasteiger partial charge in [-0.05, 0) is 38.5 Å². The van der Waals surface area contributed by atoms with Crippen molar-refractivity contribution in [3.05, 3.63) is 12.2 Å². The third kappa shape index (κ3) is 40.2. The number of rotatable bonds is 42. The van der Waals surface area contributed by atoms with Gasteiger partial charge in [0, 0.05) is 19.4 Å². The van der Waals surface area contributed by atoms with Crippen LogP contribution in [0.2, 0.25) is 0 Å². The van der Waals surface area contributed by atoms with Gasteiger partial charge in [-0.1, -0.05) is 180 Å². The second-order valence-corrected chi connectivity index (χ2v) is 16.4. The van der Waals surface area contributed by atoms with Crippen LogP contribution in [0.3, 0.4) is 0 Å². The third-order valence-corrected chi connectivity index (χ3v) is 10.6. The molecule has 9 nitrogen and oxygen atoms in total. The second kappa shape index (κ2) is 40.4. The molecule has 0 bridgehead atoms. The van der Waals surface area contributed by atoms with Crippen molar-refractivity contribution in [1.29, 1.82) is 0 Å². The number of phosphoric ester groups is 1. The van der Waals surface area contributed by atoms with Crippen molar-refractivity contribution in [3.63, 3.8) is 0 Å². The molecular weight excluding hydrogens is 689 g/mol. The maximum Gasteiger partial charge on any atom is 0.472 e. The average Bonchev–Trinajstić information content (AvgIpc) is 3.14. The van der Waals surface area contributed by atoms with E-state index in [-0.39, 0.29) is 38.6 Å². The molecule has 0 radical (unpaired) electrons. The second-order valence-electron chi connectivity index (χ2n) is 14.9. The van der Waals surface area contributed by atoms with Gasteiger partial charge in [0.2, 0.25) is 0 Å². The van der Waals surface area contributed by atoms with Gasteiger partial charge in [0.25, 0.3) is 0 Å². The number of hydrogen-bond acceptors (Lipinski definition) is 8. The van der Waals surface area contributed by atoms with Gasteiger partial charge in [0.15, 0.2) is 6.10 Å². The molecule has 0 amide bonds. The number of esters is 2. The molecule has 1 unspecified atom stereocenters. The van der Waals surface area contributed by atoms with Crippen molar-refractivity contribution in [1.82, 2.24) is 0 Å². The van der Waals surface area contributed by atoms with Crippen LogP contribution in [0.1, 0.15) is 219 Å². The number of carbonyl (C=O) groups excluding carboxylic acids is 2. The highest BCUT2D eigenvalue weighted by molar-refractivity contribution is 7.47. The highest BCUT2D eigenvalue weighted by atomic mass is 31.2. The Morgan fingerprint density at radius 2 is 0.925 bits per heavy atom. The highest BCUT2D eigenvalue weighted by Crippen LogP contribution is 2.43. The quantitative estimate of drug-likeness (QED) is 0.0269. The Morgan fingerprint density at radius 1 is 0.547 bits per heavy atom. The van der Waals surface area contributed by atoms with Gasteiger partial charge >= 0.3 is 19.8 Å². The minimum absolute atomic E-state index is 0.0555. The lowest BCUT2D eigenvalue weighted by atomic mass is 10.0. The smallest absolute Gasteiger partial charge is 0.462 e. The van der Waals surface area contributed by atoms with Gasteiger partial charge in [-0.2, -0.15) is 0 Å². The van der Waals surface area contributed by atoms with Gasteiger partial charge < -0.3 is 20.1 Å². The summed E-state index contributed by atoms with van der Waals surface area (Å²) >= 11 is 0. The van der Waals surface area contributed by atoms with Crippen LogP contribution in [0.4, 0.5) is 0 Å². The molecule has 0 heterocycles. The van der Waals surface area contributed by atoms with Gasteiger partial charge in [-0.15, -0.1) is 0 Å². The summed E-state index contributed by atoms with van der Waals surface area (Å²) in [5.41, 5.74) is 5.35. The van der Waals surface area contributed by atoms with E-state index in [2.05, 4.69) is 26.0 Å². The van der Waals surface area contributed by atoms with Crippen molar-refractivity contribution in [2.24, 2.45) is 5.73 Å². The standard InChI is InChI=1S/C43H84NO8P/c1-3-5-7-9-11-13-15-17-19-20-22-23-25-27-29-31-33-35-42(45)49-39-41(40-51-53(47,48)50-38-37-44)52-43(46)36-34-32-30-28-26-24-21-18-16-14-12-10-8-6-4-2/h14,16,41H,3-13,15,17-40,44H2,1-2H3,(H,47,48)/t41-/m1/s1. The first-order chi connectivity index (χ1) is 25.8. The van der Waals surface area contributed by atoms with Gasteiger partial charge in [-0.25, -0.2) is 4.57 Å². The number of nitrogens with two attached hydrogens (primary N) is 1. The van der Waals surface area contributed by atoms with Crippen molar-refractivity contribution >= 4 is 19.8 Å². The van der Waals surface area contributed by atoms with E-state index in [1.165, 1.54) is 141 Å². The monoisotopic (exact) mass is 774 g/mol. The van der Waals surface area contributed by atoms with Crippen LogP contribution in [0.5, 0.6) is 0 Å². The number of ether oxygens (including phenoxy) is 2. The first-order valence-corrected chi connectivity index (χ1v) is 23.7. The van der Waals surface area contributed by atoms with E-state index in [0.29, 0.717) is 6.42 Å². The van der Waals surface area contributed by atoms with E-state index in [1.807, 2.05) is 0 Å². The summed E-state index contributed by atoms with van der Waals surface area (Å²) in [6, 6.07) is 0. The predicted octanol–water partition coefficient (Wildman–Crippen LogP) is 12.6. The van der Waals surface area contributed by atoms with Gasteiger partial charge in [0.05, 0.1) is 13.2 Å². The highest BCUT2D eigenvalue weighted by Gasteiger charge is 2.26. The van der Waals surface area contributed by atoms with E-state index in [4.69, 9.17) is 24.3 Å². The maximum absolute atomic E-state index is 12.6. The molecule has 2 atom stereocenters. The molecule has 0 aromatic heterocycles. The van der Waals surface area contributed by atoms with Crippen LogP contribution >= 0.6 is 7.82 Å². The van der Waals surface area contributed by atoms with E-state index in [1.54, 1.807) is 0 Å². The molecule has 0 fully saturated rings. The van der Waals surface area contributed by atoms with Crippen LogP contribution in [-0.4, -0.2) is 49.3 Å². The molecule has 314 valence electrons. The summed E-state index contributed by atoms with van der Waals surface area (Å²) in [5.74, 6) is -0.822. The van der Waals surface area contributed by atoms with Crippen LogP contribution in [0.25, 0.3) is 0 Å². The number of unbranched alkanes of at least 4 members (excludes halogenated alkanes) is 27. The lowest BCUT2D eigenvalue weighted by Crippen LogP contribution is -2.29. The number of hydrogen-bond donors (Lipinski definition) is 2. The van der Waals surface area contributed by atoms with E-state index in [0.717, 1.165) is 44.9 Å². The summed E-state index contributed by atoms with van der Waals surface area (Å²) in [5, 5.41) is 0. The maximum atomic E-state index is 12.6. The van der Waals surface area contributed by atoms with E-state index < -0.39 is 26.5 Å². The fourth-order valence-electron chi connectivity index (χ4n) is 6.34. The zero-order valence-electron chi connectivity index (χ0n) is 34.5. The molecule has 53 heavy (non-hydrogen) atoms. The Bertz CT molecular complexity index is 886. The minimum Gasteiger partial charge on any atom is -0.462 e. The number of phosphoric acid groups is 1. The zero-order valence-corrected chi connectivity index (χ0v) is 35.4. The fraction of sp³-hybridized carbons (Fsp3) is 0.907. The molecule has 0 saturated carbocycles. The summed E-state index contributed by atoms with van der Waals surface area (Å²) in [7, 11) is -4.37. The van der Waals surface area contributed by atoms with Crippen molar-refractivity contribution < 1.29 is 37.6 Å². The lowest BCUT2D eigenvalue weighted by molar-refractivity contribution is -0.161. The molecule has 0 aliphatic carbocycles. The Balaban J connectivity index is 4.10. The summed E-state index contributed by atoms with van der Waals surface area (Å²) < 4.78 is 32.8. The lowest BCUT2D eigenvalue weighted by Gasteiger charge is -2.19.